The summed E-state index contributed by atoms with van der Waals surface area (Å²) in [6.45, 7) is 0. The van der Waals surface area contributed by atoms with Crippen LogP contribution in [0.2, 0.25) is 0 Å². The molecular formula is C9H7FO2. The Morgan fingerprint density at radius 1 is 1.33 bits per heavy atom. The summed E-state index contributed by atoms with van der Waals surface area (Å²) in [4.78, 5) is 11.0. The van der Waals surface area contributed by atoms with E-state index in [0.717, 1.165) is 6.08 Å². The summed E-state index contributed by atoms with van der Waals surface area (Å²) in [7, 11) is 0. The molecule has 0 bridgehead atoms. The first-order chi connectivity index (χ1) is 5.74. The van der Waals surface area contributed by atoms with E-state index in [0.29, 0.717) is 11.8 Å². The van der Waals surface area contributed by atoms with Gasteiger partial charge in [0.2, 0.25) is 0 Å². The van der Waals surface area contributed by atoms with Gasteiger partial charge in [-0.25, -0.2) is 4.39 Å². The maximum atomic E-state index is 12.4. The van der Waals surface area contributed by atoms with E-state index in [1.807, 2.05) is 0 Å². The van der Waals surface area contributed by atoms with Crippen molar-refractivity contribution in [2.24, 2.45) is 0 Å². The fraction of sp³-hybridized carbons (Fsp3) is 0. The number of benzene rings is 1. The molecule has 0 amide bonds. The van der Waals surface area contributed by atoms with Gasteiger partial charge < -0.3 is 5.11 Å². The molecule has 0 fully saturated rings. The standard InChI is InChI=1S/C9H7FO2/c10-8-3-1-7(2-4-8)9(12)5-6-11/h1-6,11H. The van der Waals surface area contributed by atoms with Gasteiger partial charge in [-0.15, -0.1) is 0 Å². The Morgan fingerprint density at radius 2 is 1.92 bits per heavy atom. The Labute approximate surface area is 69.0 Å². The molecule has 0 saturated heterocycles. The summed E-state index contributed by atoms with van der Waals surface area (Å²) in [5.41, 5.74) is 0.349. The van der Waals surface area contributed by atoms with Crippen LogP contribution >= 0.6 is 0 Å². The third kappa shape index (κ3) is 1.92. The van der Waals surface area contributed by atoms with Crippen molar-refractivity contribution in [3.8, 4) is 0 Å². The fourth-order valence-corrected chi connectivity index (χ4v) is 0.778. The summed E-state index contributed by atoms with van der Waals surface area (Å²) in [5.74, 6) is -0.739. The van der Waals surface area contributed by atoms with Gasteiger partial charge in [-0.3, -0.25) is 4.79 Å². The smallest absolute Gasteiger partial charge is 0.188 e. The van der Waals surface area contributed by atoms with Crippen LogP contribution in [-0.2, 0) is 0 Å². The van der Waals surface area contributed by atoms with E-state index in [4.69, 9.17) is 5.11 Å². The van der Waals surface area contributed by atoms with Gasteiger partial charge in [0.1, 0.15) is 5.82 Å². The number of hydrogen-bond acceptors (Lipinski definition) is 2. The van der Waals surface area contributed by atoms with Crippen molar-refractivity contribution in [3.63, 3.8) is 0 Å². The minimum Gasteiger partial charge on any atom is -0.515 e. The Kier molecular flexibility index (Phi) is 2.58. The Balaban J connectivity index is 2.90. The number of aliphatic hydroxyl groups excluding tert-OH is 1. The van der Waals surface area contributed by atoms with E-state index >= 15 is 0 Å². The summed E-state index contributed by atoms with van der Waals surface area (Å²) in [6, 6.07) is 5.10. The summed E-state index contributed by atoms with van der Waals surface area (Å²) in [6.07, 6.45) is 1.67. The average molecular weight is 166 g/mol. The van der Waals surface area contributed by atoms with Gasteiger partial charge >= 0.3 is 0 Å². The summed E-state index contributed by atoms with van der Waals surface area (Å²) in [5, 5.41) is 8.28. The van der Waals surface area contributed by atoms with Crippen LogP contribution in [0.3, 0.4) is 0 Å². The van der Waals surface area contributed by atoms with Gasteiger partial charge in [0, 0.05) is 11.6 Å². The van der Waals surface area contributed by atoms with E-state index in [9.17, 15) is 9.18 Å². The van der Waals surface area contributed by atoms with E-state index in [-0.39, 0.29) is 11.6 Å². The quantitative estimate of drug-likeness (QED) is 0.415. The SMILES string of the molecule is O=C(C=CO)c1ccc(F)cc1. The van der Waals surface area contributed by atoms with Crippen LogP contribution in [0.4, 0.5) is 4.39 Å². The molecule has 0 radical (unpaired) electrons. The predicted octanol–water partition coefficient (Wildman–Crippen LogP) is 2.08. The average Bonchev–Trinajstić information content (AvgIpc) is 2.06. The zero-order valence-corrected chi connectivity index (χ0v) is 6.20. The van der Waals surface area contributed by atoms with Gasteiger partial charge in [-0.2, -0.15) is 0 Å². The molecule has 0 aliphatic rings. The first-order valence-corrected chi connectivity index (χ1v) is 3.34. The number of aliphatic hydroxyl groups is 1. The number of halogens is 1. The number of carbonyl (C=O) groups excluding carboxylic acids is 1. The summed E-state index contributed by atoms with van der Waals surface area (Å²) >= 11 is 0. The van der Waals surface area contributed by atoms with Gasteiger partial charge in [0.05, 0.1) is 6.26 Å². The lowest BCUT2D eigenvalue weighted by atomic mass is 10.1. The normalized spacial score (nSPS) is 10.4. The Hall–Kier alpha value is -1.64. The van der Waals surface area contributed by atoms with E-state index in [2.05, 4.69) is 0 Å². The minimum atomic E-state index is -0.389. The number of hydrogen-bond donors (Lipinski definition) is 1. The second-order valence-electron chi connectivity index (χ2n) is 2.19. The van der Waals surface area contributed by atoms with Gasteiger partial charge in [-0.1, -0.05) is 0 Å². The molecule has 1 aromatic carbocycles. The van der Waals surface area contributed by atoms with Crippen molar-refractivity contribution in [3.05, 3.63) is 48.0 Å². The molecule has 1 rings (SSSR count). The first-order valence-electron chi connectivity index (χ1n) is 3.34. The number of ketones is 1. The molecule has 0 saturated carbocycles. The number of allylic oxidation sites excluding steroid dienone is 1. The lowest BCUT2D eigenvalue weighted by Gasteiger charge is -1.93. The van der Waals surface area contributed by atoms with Crippen LogP contribution in [0.15, 0.2) is 36.6 Å². The maximum Gasteiger partial charge on any atom is 0.188 e. The van der Waals surface area contributed by atoms with Crippen LogP contribution in [0.25, 0.3) is 0 Å². The molecule has 0 unspecified atom stereocenters. The second-order valence-corrected chi connectivity index (χ2v) is 2.19. The molecule has 1 N–H and O–H groups in total. The highest BCUT2D eigenvalue weighted by Crippen LogP contribution is 2.03. The Morgan fingerprint density at radius 3 is 2.42 bits per heavy atom. The predicted molar refractivity (Wildman–Crippen MR) is 42.5 cm³/mol. The molecule has 62 valence electrons. The summed E-state index contributed by atoms with van der Waals surface area (Å²) < 4.78 is 12.4. The zero-order valence-electron chi connectivity index (χ0n) is 6.20. The van der Waals surface area contributed by atoms with Gasteiger partial charge in [0.15, 0.2) is 5.78 Å². The Bertz CT molecular complexity index is 301. The molecule has 1 aromatic rings. The highest BCUT2D eigenvalue weighted by molar-refractivity contribution is 6.04. The molecular weight excluding hydrogens is 159 g/mol. The lowest BCUT2D eigenvalue weighted by Crippen LogP contribution is -1.93. The maximum absolute atomic E-state index is 12.4. The van der Waals surface area contributed by atoms with E-state index in [1.54, 1.807) is 0 Å². The largest absolute Gasteiger partial charge is 0.515 e. The van der Waals surface area contributed by atoms with Crippen LogP contribution in [0.5, 0.6) is 0 Å². The van der Waals surface area contributed by atoms with Crippen molar-refractivity contribution in [1.29, 1.82) is 0 Å². The molecule has 0 atom stereocenters. The molecule has 3 heteroatoms. The molecule has 0 aliphatic carbocycles. The molecule has 0 aliphatic heterocycles. The third-order valence-electron chi connectivity index (χ3n) is 1.35. The van der Waals surface area contributed by atoms with Crippen molar-refractivity contribution in [2.75, 3.05) is 0 Å². The molecule has 12 heavy (non-hydrogen) atoms. The highest BCUT2D eigenvalue weighted by Gasteiger charge is 2.00. The number of rotatable bonds is 2. The van der Waals surface area contributed by atoms with Gasteiger partial charge in [0.25, 0.3) is 0 Å². The highest BCUT2D eigenvalue weighted by atomic mass is 19.1. The van der Waals surface area contributed by atoms with Crippen molar-refractivity contribution in [2.45, 2.75) is 0 Å². The first kappa shape index (κ1) is 8.46. The topological polar surface area (TPSA) is 37.3 Å². The van der Waals surface area contributed by atoms with Crippen molar-refractivity contribution in [1.82, 2.24) is 0 Å². The monoisotopic (exact) mass is 166 g/mol. The van der Waals surface area contributed by atoms with Crippen molar-refractivity contribution < 1.29 is 14.3 Å². The van der Waals surface area contributed by atoms with E-state index < -0.39 is 0 Å². The lowest BCUT2D eigenvalue weighted by molar-refractivity contribution is 0.104. The van der Waals surface area contributed by atoms with Crippen LogP contribution in [-0.4, -0.2) is 10.9 Å². The fourth-order valence-electron chi connectivity index (χ4n) is 0.778. The van der Waals surface area contributed by atoms with E-state index in [1.165, 1.54) is 24.3 Å². The third-order valence-corrected chi connectivity index (χ3v) is 1.35. The van der Waals surface area contributed by atoms with Crippen LogP contribution in [0, 0.1) is 5.82 Å². The number of carbonyl (C=O) groups is 1. The van der Waals surface area contributed by atoms with Crippen LogP contribution < -0.4 is 0 Å². The van der Waals surface area contributed by atoms with Gasteiger partial charge in [-0.05, 0) is 24.3 Å². The van der Waals surface area contributed by atoms with Crippen LogP contribution in [0.1, 0.15) is 10.4 Å². The molecule has 0 spiro atoms. The zero-order chi connectivity index (χ0) is 8.97. The van der Waals surface area contributed by atoms with Crippen molar-refractivity contribution >= 4 is 5.78 Å². The molecule has 2 nitrogen and oxygen atoms in total. The second kappa shape index (κ2) is 3.67. The molecule has 0 aromatic heterocycles. The molecule has 0 heterocycles. The minimum absolute atomic E-state index is 0.349.